The zero-order chi connectivity index (χ0) is 21.0. The van der Waals surface area contributed by atoms with Crippen LogP contribution in [0, 0.1) is 5.92 Å². The van der Waals surface area contributed by atoms with Gasteiger partial charge in [0, 0.05) is 12.8 Å². The Kier molecular flexibility index (Phi) is 18.5. The van der Waals surface area contributed by atoms with Gasteiger partial charge in [-0.05, 0) is 38.5 Å². The molecule has 1 atom stereocenters. The lowest BCUT2D eigenvalue weighted by Gasteiger charge is -2.15. The Bertz CT molecular complexity index is 379. The molecule has 0 heterocycles. The Labute approximate surface area is 174 Å². The van der Waals surface area contributed by atoms with Crippen molar-refractivity contribution in [2.24, 2.45) is 5.92 Å². The van der Waals surface area contributed by atoms with E-state index in [-0.39, 0.29) is 18.0 Å². The number of carbonyl (C=O) groups excluding carboxylic acids is 2. The van der Waals surface area contributed by atoms with E-state index < -0.39 is 0 Å². The molecule has 0 radical (unpaired) electrons. The highest BCUT2D eigenvalue weighted by atomic mass is 16.5. The second-order valence-electron chi connectivity index (χ2n) is 8.54. The molecule has 0 saturated carbocycles. The Morgan fingerprint density at radius 1 is 0.679 bits per heavy atom. The van der Waals surface area contributed by atoms with E-state index in [0.29, 0.717) is 25.4 Å². The minimum Gasteiger partial charge on any atom is -0.466 e. The van der Waals surface area contributed by atoms with Crippen molar-refractivity contribution in [3.63, 3.8) is 0 Å². The minimum atomic E-state index is -0.0683. The molecule has 0 N–H and O–H groups in total. The summed E-state index contributed by atoms with van der Waals surface area (Å²) in [6.45, 7) is 9.04. The second kappa shape index (κ2) is 19.3. The highest BCUT2D eigenvalue weighted by Gasteiger charge is 2.10. The Balaban J connectivity index is 3.36. The molecular weight excluding hydrogens is 352 g/mol. The molecule has 4 heteroatoms. The molecular formula is C24H46O4. The van der Waals surface area contributed by atoms with Gasteiger partial charge in [0.1, 0.15) is 0 Å². The smallest absolute Gasteiger partial charge is 0.306 e. The third kappa shape index (κ3) is 19.7. The number of ether oxygens (including phenoxy) is 2. The van der Waals surface area contributed by atoms with Crippen LogP contribution in [0.2, 0.25) is 0 Å². The van der Waals surface area contributed by atoms with E-state index in [0.717, 1.165) is 57.8 Å². The molecule has 0 aromatic carbocycles. The number of unbranched alkanes of at least 4 members (excludes halogenated alkanes) is 10. The topological polar surface area (TPSA) is 52.6 Å². The van der Waals surface area contributed by atoms with Crippen molar-refractivity contribution in [1.29, 1.82) is 0 Å². The van der Waals surface area contributed by atoms with Crippen LogP contribution in [-0.2, 0) is 19.1 Å². The molecule has 166 valence electrons. The lowest BCUT2D eigenvalue weighted by Crippen LogP contribution is -2.16. The molecule has 0 aliphatic carbocycles. The van der Waals surface area contributed by atoms with Gasteiger partial charge in [-0.2, -0.15) is 0 Å². The van der Waals surface area contributed by atoms with Gasteiger partial charge in [-0.3, -0.25) is 9.59 Å². The first kappa shape index (κ1) is 26.9. The molecule has 0 rings (SSSR count). The van der Waals surface area contributed by atoms with E-state index in [1.165, 1.54) is 25.7 Å². The van der Waals surface area contributed by atoms with E-state index in [1.54, 1.807) is 0 Å². The molecule has 0 aliphatic rings. The van der Waals surface area contributed by atoms with Crippen molar-refractivity contribution in [3.8, 4) is 0 Å². The molecule has 0 amide bonds. The zero-order valence-corrected chi connectivity index (χ0v) is 19.1. The summed E-state index contributed by atoms with van der Waals surface area (Å²) in [5, 5.41) is 0. The first-order chi connectivity index (χ1) is 13.5. The predicted molar refractivity (Wildman–Crippen MR) is 116 cm³/mol. The average molecular weight is 399 g/mol. The van der Waals surface area contributed by atoms with E-state index in [2.05, 4.69) is 20.8 Å². The van der Waals surface area contributed by atoms with Gasteiger partial charge in [-0.25, -0.2) is 0 Å². The lowest BCUT2D eigenvalue weighted by atomic mass is 10.1. The van der Waals surface area contributed by atoms with Gasteiger partial charge < -0.3 is 9.47 Å². The lowest BCUT2D eigenvalue weighted by molar-refractivity contribution is -0.149. The summed E-state index contributed by atoms with van der Waals surface area (Å²) >= 11 is 0. The molecule has 0 aromatic heterocycles. The van der Waals surface area contributed by atoms with Crippen molar-refractivity contribution in [1.82, 2.24) is 0 Å². The van der Waals surface area contributed by atoms with Gasteiger partial charge in [-0.15, -0.1) is 0 Å². The maximum absolute atomic E-state index is 11.7. The SMILES string of the molecule is CCCCCCCCOC(=O)CCCCCCCCC(=O)OC(C)CC(C)C. The summed E-state index contributed by atoms with van der Waals surface area (Å²) in [7, 11) is 0. The van der Waals surface area contributed by atoms with Crippen LogP contribution in [-0.4, -0.2) is 24.6 Å². The van der Waals surface area contributed by atoms with Gasteiger partial charge in [0.05, 0.1) is 12.7 Å². The summed E-state index contributed by atoms with van der Waals surface area (Å²) < 4.78 is 10.7. The first-order valence-electron chi connectivity index (χ1n) is 11.8. The van der Waals surface area contributed by atoms with Crippen LogP contribution in [0.3, 0.4) is 0 Å². The summed E-state index contributed by atoms with van der Waals surface area (Å²) in [5.74, 6) is 0.434. The van der Waals surface area contributed by atoms with Crippen LogP contribution in [0.25, 0.3) is 0 Å². The fraction of sp³-hybridized carbons (Fsp3) is 0.917. The van der Waals surface area contributed by atoms with Gasteiger partial charge in [0.25, 0.3) is 0 Å². The van der Waals surface area contributed by atoms with Crippen molar-refractivity contribution < 1.29 is 19.1 Å². The number of hydrogen-bond donors (Lipinski definition) is 0. The number of esters is 2. The third-order valence-electron chi connectivity index (χ3n) is 4.91. The Hall–Kier alpha value is -1.06. The average Bonchev–Trinajstić information content (AvgIpc) is 2.62. The maximum atomic E-state index is 11.7. The van der Waals surface area contributed by atoms with E-state index in [9.17, 15) is 9.59 Å². The highest BCUT2D eigenvalue weighted by molar-refractivity contribution is 5.69. The van der Waals surface area contributed by atoms with Crippen LogP contribution < -0.4 is 0 Å². The van der Waals surface area contributed by atoms with E-state index >= 15 is 0 Å². The molecule has 0 fully saturated rings. The van der Waals surface area contributed by atoms with Crippen LogP contribution in [0.5, 0.6) is 0 Å². The molecule has 0 spiro atoms. The van der Waals surface area contributed by atoms with Crippen LogP contribution in [0.1, 0.15) is 124 Å². The van der Waals surface area contributed by atoms with E-state index in [1.807, 2.05) is 6.92 Å². The molecule has 4 nitrogen and oxygen atoms in total. The first-order valence-corrected chi connectivity index (χ1v) is 11.8. The van der Waals surface area contributed by atoms with E-state index in [4.69, 9.17) is 9.47 Å². The summed E-state index contributed by atoms with van der Waals surface area (Å²) in [4.78, 5) is 23.4. The third-order valence-corrected chi connectivity index (χ3v) is 4.91. The molecule has 0 aliphatic heterocycles. The summed E-state index contributed by atoms with van der Waals surface area (Å²) in [6.07, 6.45) is 15.4. The maximum Gasteiger partial charge on any atom is 0.306 e. The Morgan fingerprint density at radius 2 is 1.18 bits per heavy atom. The Morgan fingerprint density at radius 3 is 1.75 bits per heavy atom. The number of hydrogen-bond acceptors (Lipinski definition) is 4. The number of carbonyl (C=O) groups is 2. The van der Waals surface area contributed by atoms with Crippen molar-refractivity contribution in [3.05, 3.63) is 0 Å². The van der Waals surface area contributed by atoms with Crippen molar-refractivity contribution >= 4 is 11.9 Å². The van der Waals surface area contributed by atoms with Crippen LogP contribution in [0.15, 0.2) is 0 Å². The van der Waals surface area contributed by atoms with Gasteiger partial charge in [0.15, 0.2) is 0 Å². The normalized spacial score (nSPS) is 12.2. The molecule has 0 aromatic rings. The largest absolute Gasteiger partial charge is 0.466 e. The fourth-order valence-corrected chi connectivity index (χ4v) is 3.38. The summed E-state index contributed by atoms with van der Waals surface area (Å²) in [5.41, 5.74) is 0. The molecule has 0 bridgehead atoms. The number of rotatable bonds is 19. The standard InChI is InChI=1S/C24H46O4/c1-5-6-7-8-13-16-19-27-23(25)17-14-11-9-10-12-15-18-24(26)28-22(4)20-21(2)3/h21-22H,5-20H2,1-4H3. The zero-order valence-electron chi connectivity index (χ0n) is 19.1. The van der Waals surface area contributed by atoms with Gasteiger partial charge in [0.2, 0.25) is 0 Å². The minimum absolute atomic E-state index is 0.0216. The van der Waals surface area contributed by atoms with Gasteiger partial charge >= 0.3 is 11.9 Å². The highest BCUT2D eigenvalue weighted by Crippen LogP contribution is 2.12. The van der Waals surface area contributed by atoms with Gasteiger partial charge in [-0.1, -0.05) is 78.6 Å². The second-order valence-corrected chi connectivity index (χ2v) is 8.54. The molecule has 28 heavy (non-hydrogen) atoms. The summed E-state index contributed by atoms with van der Waals surface area (Å²) in [6, 6.07) is 0. The van der Waals surface area contributed by atoms with Crippen LogP contribution >= 0.6 is 0 Å². The van der Waals surface area contributed by atoms with Crippen molar-refractivity contribution in [2.45, 2.75) is 130 Å². The molecule has 0 saturated heterocycles. The fourth-order valence-electron chi connectivity index (χ4n) is 3.38. The molecule has 1 unspecified atom stereocenters. The van der Waals surface area contributed by atoms with Crippen molar-refractivity contribution in [2.75, 3.05) is 6.61 Å². The monoisotopic (exact) mass is 398 g/mol. The quantitative estimate of drug-likeness (QED) is 0.174. The van der Waals surface area contributed by atoms with Crippen LogP contribution in [0.4, 0.5) is 0 Å². The predicted octanol–water partition coefficient (Wildman–Crippen LogP) is 6.99.